The van der Waals surface area contributed by atoms with E-state index in [-0.39, 0.29) is 16.9 Å². The van der Waals surface area contributed by atoms with Crippen molar-refractivity contribution in [2.45, 2.75) is 24.9 Å². The van der Waals surface area contributed by atoms with Crippen molar-refractivity contribution in [1.82, 2.24) is 5.32 Å². The van der Waals surface area contributed by atoms with E-state index >= 15 is 0 Å². The Kier molecular flexibility index (Phi) is 4.42. The standard InChI is InChI=1S/C14H17FN2O4/c1-21-14(5-2-6-14)8-16-13(20)17-11-7-9(15)3-4-10(11)12(18)19/h3-4,7H,2,5-6,8H2,1H3,(H,18,19)(H2,16,17,20). The lowest BCUT2D eigenvalue weighted by atomic mass is 9.80. The van der Waals surface area contributed by atoms with Crippen LogP contribution in [-0.2, 0) is 4.74 Å². The Hall–Kier alpha value is -2.15. The highest BCUT2D eigenvalue weighted by atomic mass is 19.1. The van der Waals surface area contributed by atoms with E-state index in [2.05, 4.69) is 10.6 Å². The van der Waals surface area contributed by atoms with Crippen molar-refractivity contribution in [3.05, 3.63) is 29.6 Å². The summed E-state index contributed by atoms with van der Waals surface area (Å²) in [6, 6.07) is 2.52. The number of nitrogens with one attached hydrogen (secondary N) is 2. The second-order valence-corrected chi connectivity index (χ2v) is 5.04. The number of hydrogen-bond acceptors (Lipinski definition) is 3. The van der Waals surface area contributed by atoms with Crippen molar-refractivity contribution in [2.24, 2.45) is 0 Å². The summed E-state index contributed by atoms with van der Waals surface area (Å²) >= 11 is 0. The number of carboxylic acid groups (broad SMARTS) is 1. The molecule has 1 aliphatic carbocycles. The van der Waals surface area contributed by atoms with Crippen LogP contribution in [0.4, 0.5) is 14.9 Å². The molecule has 1 aromatic rings. The number of urea groups is 1. The van der Waals surface area contributed by atoms with Crippen molar-refractivity contribution < 1.29 is 23.8 Å². The highest BCUT2D eigenvalue weighted by Gasteiger charge is 2.37. The number of carbonyl (C=O) groups is 2. The molecular formula is C14H17FN2O4. The average Bonchev–Trinajstić information content (AvgIpc) is 2.37. The van der Waals surface area contributed by atoms with Crippen LogP contribution in [0.15, 0.2) is 18.2 Å². The molecule has 6 nitrogen and oxygen atoms in total. The molecule has 0 spiro atoms. The normalized spacial score (nSPS) is 15.9. The molecule has 114 valence electrons. The molecule has 0 unspecified atom stereocenters. The zero-order valence-electron chi connectivity index (χ0n) is 11.6. The van der Waals surface area contributed by atoms with Gasteiger partial charge in [0.1, 0.15) is 5.82 Å². The van der Waals surface area contributed by atoms with Gasteiger partial charge in [-0.1, -0.05) is 0 Å². The maximum Gasteiger partial charge on any atom is 0.337 e. The van der Waals surface area contributed by atoms with Crippen LogP contribution in [0.3, 0.4) is 0 Å². The van der Waals surface area contributed by atoms with Crippen LogP contribution in [0.25, 0.3) is 0 Å². The van der Waals surface area contributed by atoms with Gasteiger partial charge in [-0.2, -0.15) is 0 Å². The van der Waals surface area contributed by atoms with E-state index < -0.39 is 17.8 Å². The minimum absolute atomic E-state index is 0.0833. The van der Waals surface area contributed by atoms with Gasteiger partial charge in [0.2, 0.25) is 0 Å². The lowest BCUT2D eigenvalue weighted by Gasteiger charge is -2.40. The molecule has 21 heavy (non-hydrogen) atoms. The minimum atomic E-state index is -1.24. The van der Waals surface area contributed by atoms with Gasteiger partial charge >= 0.3 is 12.0 Å². The first-order valence-electron chi connectivity index (χ1n) is 6.59. The summed E-state index contributed by atoms with van der Waals surface area (Å²) < 4.78 is 18.5. The van der Waals surface area contributed by atoms with E-state index in [0.717, 1.165) is 37.5 Å². The van der Waals surface area contributed by atoms with Gasteiger partial charge in [0, 0.05) is 13.7 Å². The second kappa shape index (κ2) is 6.09. The summed E-state index contributed by atoms with van der Waals surface area (Å²) in [6.45, 7) is 0.326. The van der Waals surface area contributed by atoms with Gasteiger partial charge in [-0.15, -0.1) is 0 Å². The molecule has 1 fully saturated rings. The number of amides is 2. The van der Waals surface area contributed by atoms with E-state index in [9.17, 15) is 14.0 Å². The van der Waals surface area contributed by atoms with Gasteiger partial charge in [-0.05, 0) is 37.5 Å². The molecule has 0 radical (unpaired) electrons. The molecule has 0 saturated heterocycles. The summed E-state index contributed by atoms with van der Waals surface area (Å²) in [5, 5.41) is 14.0. The number of anilines is 1. The Morgan fingerprint density at radius 1 is 1.43 bits per heavy atom. The number of halogens is 1. The number of rotatable bonds is 5. The SMILES string of the molecule is COC1(CNC(=O)Nc2cc(F)ccc2C(=O)O)CCC1. The van der Waals surface area contributed by atoms with Gasteiger partial charge in [-0.25, -0.2) is 14.0 Å². The molecule has 1 aromatic carbocycles. The van der Waals surface area contributed by atoms with Crippen molar-refractivity contribution in [3.8, 4) is 0 Å². The predicted molar refractivity (Wildman–Crippen MR) is 74.0 cm³/mol. The van der Waals surface area contributed by atoms with Crippen molar-refractivity contribution in [1.29, 1.82) is 0 Å². The number of aromatic carboxylic acids is 1. The summed E-state index contributed by atoms with van der Waals surface area (Å²) in [5.41, 5.74) is -0.591. The van der Waals surface area contributed by atoms with Crippen LogP contribution in [0, 0.1) is 5.82 Å². The van der Waals surface area contributed by atoms with Crippen LogP contribution < -0.4 is 10.6 Å². The highest BCUT2D eigenvalue weighted by Crippen LogP contribution is 2.34. The van der Waals surface area contributed by atoms with Gasteiger partial charge in [-0.3, -0.25) is 0 Å². The molecule has 1 aliphatic rings. The Morgan fingerprint density at radius 3 is 2.67 bits per heavy atom. The molecule has 0 bridgehead atoms. The molecular weight excluding hydrogens is 279 g/mol. The molecule has 7 heteroatoms. The summed E-state index contributed by atoms with van der Waals surface area (Å²) in [5.74, 6) is -1.86. The van der Waals surface area contributed by atoms with Crippen molar-refractivity contribution in [3.63, 3.8) is 0 Å². The Morgan fingerprint density at radius 2 is 2.14 bits per heavy atom. The first-order chi connectivity index (χ1) is 9.96. The van der Waals surface area contributed by atoms with E-state index in [1.807, 2.05) is 0 Å². The number of methoxy groups -OCH3 is 1. The van der Waals surface area contributed by atoms with Crippen LogP contribution in [-0.4, -0.2) is 36.4 Å². The molecule has 2 amide bonds. The quantitative estimate of drug-likeness (QED) is 0.777. The van der Waals surface area contributed by atoms with Crippen LogP contribution in [0.2, 0.25) is 0 Å². The zero-order valence-corrected chi connectivity index (χ0v) is 11.6. The number of carboxylic acids is 1. The summed E-state index contributed by atoms with van der Waals surface area (Å²) in [6.07, 6.45) is 2.78. The number of carbonyl (C=O) groups excluding carboxylic acids is 1. The monoisotopic (exact) mass is 296 g/mol. The Bertz CT molecular complexity index is 552. The summed E-state index contributed by atoms with van der Waals surface area (Å²) in [7, 11) is 1.59. The smallest absolute Gasteiger partial charge is 0.337 e. The average molecular weight is 296 g/mol. The highest BCUT2D eigenvalue weighted by molar-refractivity contribution is 5.99. The van der Waals surface area contributed by atoms with Crippen molar-refractivity contribution in [2.75, 3.05) is 19.0 Å². The maximum atomic E-state index is 13.2. The molecule has 3 N–H and O–H groups in total. The van der Waals surface area contributed by atoms with Gasteiger partial charge in [0.25, 0.3) is 0 Å². The minimum Gasteiger partial charge on any atom is -0.478 e. The number of hydrogen-bond donors (Lipinski definition) is 3. The zero-order chi connectivity index (χ0) is 15.5. The number of ether oxygens (including phenoxy) is 1. The van der Waals surface area contributed by atoms with Crippen molar-refractivity contribution >= 4 is 17.7 Å². The second-order valence-electron chi connectivity index (χ2n) is 5.04. The molecule has 0 aromatic heterocycles. The molecule has 1 saturated carbocycles. The summed E-state index contributed by atoms with van der Waals surface area (Å²) in [4.78, 5) is 22.8. The van der Waals surface area contributed by atoms with E-state index in [1.54, 1.807) is 7.11 Å². The number of benzene rings is 1. The molecule has 0 aliphatic heterocycles. The van der Waals surface area contributed by atoms with Crippen LogP contribution >= 0.6 is 0 Å². The van der Waals surface area contributed by atoms with Gasteiger partial charge < -0.3 is 20.5 Å². The van der Waals surface area contributed by atoms with Gasteiger partial charge in [0.05, 0.1) is 16.9 Å². The first kappa shape index (κ1) is 15.2. The fourth-order valence-electron chi connectivity index (χ4n) is 2.24. The van der Waals surface area contributed by atoms with E-state index in [1.165, 1.54) is 0 Å². The lowest BCUT2D eigenvalue weighted by Crippen LogP contribution is -2.50. The molecule has 0 heterocycles. The van der Waals surface area contributed by atoms with E-state index in [4.69, 9.17) is 9.84 Å². The van der Waals surface area contributed by atoms with Crippen LogP contribution in [0.5, 0.6) is 0 Å². The maximum absolute atomic E-state index is 13.2. The third-order valence-corrected chi connectivity index (χ3v) is 3.73. The third-order valence-electron chi connectivity index (χ3n) is 3.73. The fourth-order valence-corrected chi connectivity index (χ4v) is 2.24. The van der Waals surface area contributed by atoms with Gasteiger partial charge in [0.15, 0.2) is 0 Å². The topological polar surface area (TPSA) is 87.7 Å². The molecule has 0 atom stereocenters. The third kappa shape index (κ3) is 3.49. The Labute approximate surface area is 121 Å². The molecule has 2 rings (SSSR count). The lowest BCUT2D eigenvalue weighted by molar-refractivity contribution is -0.0671. The largest absolute Gasteiger partial charge is 0.478 e. The van der Waals surface area contributed by atoms with Crippen LogP contribution in [0.1, 0.15) is 29.6 Å². The fraction of sp³-hybridized carbons (Fsp3) is 0.429. The van der Waals surface area contributed by atoms with E-state index in [0.29, 0.717) is 6.54 Å². The Balaban J connectivity index is 1.99. The first-order valence-corrected chi connectivity index (χ1v) is 6.59. The predicted octanol–water partition coefficient (Wildman–Crippen LogP) is 2.21.